The van der Waals surface area contributed by atoms with Gasteiger partial charge in [-0.2, -0.15) is 0 Å². The summed E-state index contributed by atoms with van der Waals surface area (Å²) in [6.07, 6.45) is 0. The summed E-state index contributed by atoms with van der Waals surface area (Å²) in [7, 11) is 0. The maximum atomic E-state index is 10.8. The molecule has 0 N–H and O–H groups in total. The molecule has 4 heteroatoms. The average Bonchev–Trinajstić information content (AvgIpc) is 2.04. The zero-order valence-corrected chi connectivity index (χ0v) is 8.05. The normalized spacial score (nSPS) is 10.1. The molecule has 0 unspecified atom stereocenters. The van der Waals surface area contributed by atoms with Crippen LogP contribution in [0.4, 0.5) is 0 Å². The second kappa shape index (κ2) is 4.40. The predicted molar refractivity (Wildman–Crippen MR) is 50.9 cm³/mol. The first-order valence-corrected chi connectivity index (χ1v) is 4.32. The molecule has 68 valence electrons. The molecule has 0 bridgehead atoms. The first-order valence-electron chi connectivity index (χ1n) is 3.56. The Morgan fingerprint density at radius 3 is 1.85 bits per heavy atom. The second-order valence-electron chi connectivity index (χ2n) is 2.45. The quantitative estimate of drug-likeness (QED) is 0.575. The molecule has 0 atom stereocenters. The number of rotatable bonds is 3. The van der Waals surface area contributed by atoms with Crippen molar-refractivity contribution in [1.29, 1.82) is 0 Å². The number of hydrogen-bond donors (Lipinski definition) is 0. The highest BCUT2D eigenvalue weighted by Crippen LogP contribution is 2.20. The summed E-state index contributed by atoms with van der Waals surface area (Å²) in [4.78, 5) is 21.7. The largest absolute Gasteiger partial charge is 0.280 e. The van der Waals surface area contributed by atoms with E-state index in [-0.39, 0.29) is 0 Å². The highest BCUT2D eigenvalue weighted by molar-refractivity contribution is 6.74. The number of benzene rings is 1. The van der Waals surface area contributed by atoms with Crippen LogP contribution in [0.5, 0.6) is 0 Å². The maximum absolute atomic E-state index is 10.8. The number of carbonyl (C=O) groups excluding carboxylic acids is 2. The minimum absolute atomic E-state index is 0.516. The van der Waals surface area contributed by atoms with Gasteiger partial charge in [0.1, 0.15) is 5.92 Å². The van der Waals surface area contributed by atoms with Gasteiger partial charge in [0.2, 0.25) is 10.5 Å². The van der Waals surface area contributed by atoms with Gasteiger partial charge in [-0.1, -0.05) is 30.3 Å². The van der Waals surface area contributed by atoms with Gasteiger partial charge in [0.15, 0.2) is 0 Å². The topological polar surface area (TPSA) is 34.1 Å². The van der Waals surface area contributed by atoms with E-state index in [1.54, 1.807) is 30.3 Å². The summed E-state index contributed by atoms with van der Waals surface area (Å²) in [5.74, 6) is -1.05. The van der Waals surface area contributed by atoms with Gasteiger partial charge in [-0.3, -0.25) is 9.59 Å². The molecule has 13 heavy (non-hydrogen) atoms. The van der Waals surface area contributed by atoms with Crippen LogP contribution in [0.25, 0.3) is 0 Å². The lowest BCUT2D eigenvalue weighted by atomic mass is 10.0. The summed E-state index contributed by atoms with van der Waals surface area (Å²) in [6.45, 7) is 0. The van der Waals surface area contributed by atoms with Crippen molar-refractivity contribution in [3.8, 4) is 0 Å². The molecule has 1 aromatic carbocycles. The van der Waals surface area contributed by atoms with Gasteiger partial charge in [-0.25, -0.2) is 0 Å². The van der Waals surface area contributed by atoms with Crippen LogP contribution in [0.1, 0.15) is 11.5 Å². The fourth-order valence-electron chi connectivity index (χ4n) is 0.997. The van der Waals surface area contributed by atoms with Crippen LogP contribution in [0.3, 0.4) is 0 Å². The lowest BCUT2D eigenvalue weighted by Gasteiger charge is -2.06. The molecular formula is C9H6Cl2O2. The van der Waals surface area contributed by atoms with E-state index in [1.165, 1.54) is 0 Å². The van der Waals surface area contributed by atoms with Crippen molar-refractivity contribution in [2.24, 2.45) is 0 Å². The molecule has 0 radical (unpaired) electrons. The lowest BCUT2D eigenvalue weighted by Crippen LogP contribution is -2.13. The van der Waals surface area contributed by atoms with Gasteiger partial charge in [-0.05, 0) is 28.8 Å². The minimum Gasteiger partial charge on any atom is -0.280 e. The van der Waals surface area contributed by atoms with Gasteiger partial charge < -0.3 is 0 Å². The maximum Gasteiger partial charge on any atom is 0.237 e. The lowest BCUT2D eigenvalue weighted by molar-refractivity contribution is -0.120. The van der Waals surface area contributed by atoms with Gasteiger partial charge in [-0.15, -0.1) is 0 Å². The number of hydrogen-bond acceptors (Lipinski definition) is 2. The highest BCUT2D eigenvalue weighted by Gasteiger charge is 2.24. The van der Waals surface area contributed by atoms with Crippen molar-refractivity contribution < 1.29 is 9.59 Å². The Hall–Kier alpha value is -0.860. The molecule has 0 aliphatic heterocycles. The average molecular weight is 217 g/mol. The number of carbonyl (C=O) groups is 2. The van der Waals surface area contributed by atoms with E-state index in [4.69, 9.17) is 23.2 Å². The zero-order chi connectivity index (χ0) is 9.84. The summed E-state index contributed by atoms with van der Waals surface area (Å²) < 4.78 is 0. The minimum atomic E-state index is -1.05. The fourth-order valence-corrected chi connectivity index (χ4v) is 1.50. The summed E-state index contributed by atoms with van der Waals surface area (Å²) in [6, 6.07) is 8.46. The first-order chi connectivity index (χ1) is 6.13. The molecule has 0 spiro atoms. The van der Waals surface area contributed by atoms with Gasteiger partial charge >= 0.3 is 0 Å². The molecule has 1 rings (SSSR count). The van der Waals surface area contributed by atoms with Crippen molar-refractivity contribution in [3.63, 3.8) is 0 Å². The van der Waals surface area contributed by atoms with Crippen LogP contribution < -0.4 is 0 Å². The molecular weight excluding hydrogens is 211 g/mol. The van der Waals surface area contributed by atoms with Crippen molar-refractivity contribution in [1.82, 2.24) is 0 Å². The highest BCUT2D eigenvalue weighted by atomic mass is 35.5. The Kier molecular flexibility index (Phi) is 3.46. The van der Waals surface area contributed by atoms with E-state index in [9.17, 15) is 9.59 Å². The van der Waals surface area contributed by atoms with Crippen LogP contribution in [-0.2, 0) is 9.59 Å². The molecule has 0 heterocycles. The smallest absolute Gasteiger partial charge is 0.237 e. The van der Waals surface area contributed by atoms with Gasteiger partial charge in [0, 0.05) is 0 Å². The molecule has 1 aromatic rings. The molecule has 0 aliphatic carbocycles. The Morgan fingerprint density at radius 1 is 1.00 bits per heavy atom. The molecule has 2 nitrogen and oxygen atoms in total. The van der Waals surface area contributed by atoms with Crippen molar-refractivity contribution >= 4 is 33.7 Å². The van der Waals surface area contributed by atoms with E-state index >= 15 is 0 Å². The van der Waals surface area contributed by atoms with Crippen LogP contribution in [0, 0.1) is 0 Å². The summed E-state index contributed by atoms with van der Waals surface area (Å²) >= 11 is 10.5. The molecule has 0 amide bonds. The van der Waals surface area contributed by atoms with Crippen LogP contribution in [0.15, 0.2) is 30.3 Å². The third kappa shape index (κ3) is 2.54. The third-order valence-corrected chi connectivity index (χ3v) is 2.02. The van der Waals surface area contributed by atoms with Crippen molar-refractivity contribution in [3.05, 3.63) is 35.9 Å². The molecule has 0 aliphatic rings. The van der Waals surface area contributed by atoms with Crippen molar-refractivity contribution in [2.75, 3.05) is 0 Å². The van der Waals surface area contributed by atoms with E-state index in [1.807, 2.05) is 0 Å². The van der Waals surface area contributed by atoms with E-state index in [0.717, 1.165) is 0 Å². The Bertz CT molecular complexity index is 308. The fraction of sp³-hybridized carbons (Fsp3) is 0.111. The van der Waals surface area contributed by atoms with Crippen LogP contribution >= 0.6 is 23.2 Å². The Balaban J connectivity index is 3.03. The predicted octanol–water partition coefficient (Wildman–Crippen LogP) is 2.30. The zero-order valence-electron chi connectivity index (χ0n) is 6.54. The van der Waals surface area contributed by atoms with Gasteiger partial charge in [0.25, 0.3) is 0 Å². The molecule has 0 aromatic heterocycles. The third-order valence-electron chi connectivity index (χ3n) is 1.59. The van der Waals surface area contributed by atoms with Crippen LogP contribution in [0.2, 0.25) is 0 Å². The Morgan fingerprint density at radius 2 is 1.46 bits per heavy atom. The first kappa shape index (κ1) is 10.2. The SMILES string of the molecule is O=C(Cl)C(C(=O)Cl)c1ccccc1. The van der Waals surface area contributed by atoms with E-state index in [0.29, 0.717) is 5.56 Å². The summed E-state index contributed by atoms with van der Waals surface area (Å²) in [5.41, 5.74) is 0.516. The van der Waals surface area contributed by atoms with Crippen molar-refractivity contribution in [2.45, 2.75) is 5.92 Å². The molecule has 0 saturated carbocycles. The van der Waals surface area contributed by atoms with E-state index in [2.05, 4.69) is 0 Å². The van der Waals surface area contributed by atoms with Crippen LogP contribution in [-0.4, -0.2) is 10.5 Å². The monoisotopic (exact) mass is 216 g/mol. The Labute approximate surface area is 85.5 Å². The molecule has 0 saturated heterocycles. The van der Waals surface area contributed by atoms with Gasteiger partial charge in [0.05, 0.1) is 0 Å². The second-order valence-corrected chi connectivity index (χ2v) is 3.20. The molecule has 0 fully saturated rings. The standard InChI is InChI=1S/C9H6Cl2O2/c10-8(12)7(9(11)13)6-4-2-1-3-5-6/h1-5,7H. The van der Waals surface area contributed by atoms with E-state index < -0.39 is 16.4 Å². The number of halogens is 2. The summed E-state index contributed by atoms with van der Waals surface area (Å²) in [5, 5.41) is -1.52.